The maximum Gasteiger partial charge on any atom is 0.229 e. The number of piperidine rings is 1. The molecule has 0 spiro atoms. The highest BCUT2D eigenvalue weighted by Gasteiger charge is 2.24. The molecule has 1 aliphatic rings. The van der Waals surface area contributed by atoms with Crippen molar-refractivity contribution in [2.75, 3.05) is 13.7 Å². The van der Waals surface area contributed by atoms with Gasteiger partial charge in [-0.25, -0.2) is 0 Å². The zero-order valence-corrected chi connectivity index (χ0v) is 12.5. The van der Waals surface area contributed by atoms with Crippen molar-refractivity contribution in [3.05, 3.63) is 41.5 Å². The molecular formula is C16H21N3O2. The van der Waals surface area contributed by atoms with Crippen molar-refractivity contribution in [2.24, 2.45) is 0 Å². The summed E-state index contributed by atoms with van der Waals surface area (Å²) in [6.45, 7) is 3.21. The summed E-state index contributed by atoms with van der Waals surface area (Å²) in [5.41, 5.74) is 1.15. The lowest BCUT2D eigenvalue weighted by atomic mass is 9.93. The zero-order valence-electron chi connectivity index (χ0n) is 12.5. The van der Waals surface area contributed by atoms with E-state index in [1.807, 2.05) is 24.3 Å². The highest BCUT2D eigenvalue weighted by Crippen LogP contribution is 2.26. The van der Waals surface area contributed by atoms with Crippen LogP contribution in [0.4, 0.5) is 0 Å². The Hall–Kier alpha value is -1.88. The molecule has 1 fully saturated rings. The first-order valence-corrected chi connectivity index (χ1v) is 7.43. The van der Waals surface area contributed by atoms with Gasteiger partial charge in [-0.15, -0.1) is 0 Å². The molecule has 0 bridgehead atoms. The normalized spacial score (nSPS) is 22.2. The van der Waals surface area contributed by atoms with E-state index in [2.05, 4.69) is 22.4 Å². The van der Waals surface area contributed by atoms with Gasteiger partial charge in [0, 0.05) is 18.4 Å². The molecule has 1 N–H and O–H groups in total. The van der Waals surface area contributed by atoms with Crippen molar-refractivity contribution < 1.29 is 9.26 Å². The fourth-order valence-electron chi connectivity index (χ4n) is 2.79. The van der Waals surface area contributed by atoms with Crippen molar-refractivity contribution in [2.45, 2.75) is 38.1 Å². The third-order valence-electron chi connectivity index (χ3n) is 3.98. The molecule has 21 heavy (non-hydrogen) atoms. The fourth-order valence-corrected chi connectivity index (χ4v) is 2.79. The first-order chi connectivity index (χ1) is 10.2. The van der Waals surface area contributed by atoms with E-state index < -0.39 is 0 Å². The lowest BCUT2D eigenvalue weighted by Gasteiger charge is -2.25. The second-order valence-electron chi connectivity index (χ2n) is 5.65. The molecular weight excluding hydrogens is 266 g/mol. The Kier molecular flexibility index (Phi) is 4.20. The third-order valence-corrected chi connectivity index (χ3v) is 3.98. The summed E-state index contributed by atoms with van der Waals surface area (Å²) in [5.74, 6) is 2.78. The number of hydrogen-bond donors (Lipinski definition) is 1. The highest BCUT2D eigenvalue weighted by molar-refractivity contribution is 5.28. The monoisotopic (exact) mass is 287 g/mol. The first-order valence-electron chi connectivity index (χ1n) is 7.43. The van der Waals surface area contributed by atoms with Gasteiger partial charge in [-0.2, -0.15) is 4.98 Å². The van der Waals surface area contributed by atoms with E-state index in [-0.39, 0.29) is 0 Å². The van der Waals surface area contributed by atoms with E-state index in [0.717, 1.165) is 42.4 Å². The average Bonchev–Trinajstić information content (AvgIpc) is 2.97. The van der Waals surface area contributed by atoms with Gasteiger partial charge in [0.25, 0.3) is 0 Å². The summed E-state index contributed by atoms with van der Waals surface area (Å²) in [5, 5.41) is 7.55. The van der Waals surface area contributed by atoms with Gasteiger partial charge in [0.1, 0.15) is 5.75 Å². The molecule has 1 aromatic heterocycles. The Labute approximate surface area is 124 Å². The number of nitrogens with one attached hydrogen (secondary N) is 1. The molecule has 1 saturated heterocycles. The summed E-state index contributed by atoms with van der Waals surface area (Å²) >= 11 is 0. The van der Waals surface area contributed by atoms with Crippen LogP contribution in [0.5, 0.6) is 5.75 Å². The molecule has 112 valence electrons. The molecule has 3 rings (SSSR count). The molecule has 0 radical (unpaired) electrons. The highest BCUT2D eigenvalue weighted by atomic mass is 16.5. The van der Waals surface area contributed by atoms with Gasteiger partial charge in [0.2, 0.25) is 5.89 Å². The van der Waals surface area contributed by atoms with Crippen molar-refractivity contribution >= 4 is 0 Å². The van der Waals surface area contributed by atoms with E-state index in [9.17, 15) is 0 Å². The minimum absolute atomic E-state index is 0.387. The molecule has 5 heteroatoms. The van der Waals surface area contributed by atoms with Crippen LogP contribution in [0, 0.1) is 0 Å². The van der Waals surface area contributed by atoms with E-state index >= 15 is 0 Å². The third kappa shape index (κ3) is 3.42. The number of aromatic nitrogens is 2. The van der Waals surface area contributed by atoms with Crippen LogP contribution in [0.15, 0.2) is 28.8 Å². The molecule has 2 atom stereocenters. The van der Waals surface area contributed by atoms with Gasteiger partial charge in [0.15, 0.2) is 5.82 Å². The Morgan fingerprint density at radius 3 is 2.86 bits per heavy atom. The Morgan fingerprint density at radius 1 is 1.33 bits per heavy atom. The number of hydrogen-bond acceptors (Lipinski definition) is 5. The molecule has 2 aromatic rings. The first kappa shape index (κ1) is 14.1. The number of ether oxygens (including phenoxy) is 1. The van der Waals surface area contributed by atoms with Crippen molar-refractivity contribution in [1.29, 1.82) is 0 Å². The van der Waals surface area contributed by atoms with Crippen LogP contribution >= 0.6 is 0 Å². The molecule has 5 nitrogen and oxygen atoms in total. The number of methoxy groups -OCH3 is 1. The zero-order chi connectivity index (χ0) is 14.7. The van der Waals surface area contributed by atoms with E-state index in [1.165, 1.54) is 0 Å². The second kappa shape index (κ2) is 6.26. The molecule has 0 amide bonds. The van der Waals surface area contributed by atoms with Crippen LogP contribution in [0.1, 0.15) is 43.0 Å². The molecule has 0 saturated carbocycles. The quantitative estimate of drug-likeness (QED) is 0.936. The van der Waals surface area contributed by atoms with Gasteiger partial charge >= 0.3 is 0 Å². The molecule has 1 aliphatic heterocycles. The largest absolute Gasteiger partial charge is 0.497 e. The SMILES string of the molecule is COc1ccc(Cc2noc(C3CCNC(C)C3)n2)cc1. The van der Waals surface area contributed by atoms with Crippen LogP contribution in [0.2, 0.25) is 0 Å². The summed E-state index contributed by atoms with van der Waals surface area (Å²) in [6.07, 6.45) is 2.81. The predicted octanol–water partition coefficient (Wildman–Crippen LogP) is 2.52. The maximum absolute atomic E-state index is 5.46. The molecule has 2 heterocycles. The lowest BCUT2D eigenvalue weighted by Crippen LogP contribution is -2.34. The minimum Gasteiger partial charge on any atom is -0.497 e. The van der Waals surface area contributed by atoms with Crippen LogP contribution in [-0.2, 0) is 6.42 Å². The van der Waals surface area contributed by atoms with E-state index in [1.54, 1.807) is 7.11 Å². The molecule has 0 aliphatic carbocycles. The minimum atomic E-state index is 0.387. The second-order valence-corrected chi connectivity index (χ2v) is 5.65. The standard InChI is InChI=1S/C16H21N3O2/c1-11-9-13(7-8-17-11)16-18-15(19-21-16)10-12-3-5-14(20-2)6-4-12/h3-6,11,13,17H,7-10H2,1-2H3. The van der Waals surface area contributed by atoms with Crippen molar-refractivity contribution in [1.82, 2.24) is 15.5 Å². The number of rotatable bonds is 4. The summed E-state index contributed by atoms with van der Waals surface area (Å²) < 4.78 is 10.6. The van der Waals surface area contributed by atoms with Gasteiger partial charge in [-0.3, -0.25) is 0 Å². The van der Waals surface area contributed by atoms with Crippen LogP contribution in [0.3, 0.4) is 0 Å². The van der Waals surface area contributed by atoms with Crippen molar-refractivity contribution in [3.63, 3.8) is 0 Å². The topological polar surface area (TPSA) is 60.2 Å². The van der Waals surface area contributed by atoms with Crippen LogP contribution in [-0.4, -0.2) is 29.8 Å². The van der Waals surface area contributed by atoms with Crippen molar-refractivity contribution in [3.8, 4) is 5.75 Å². The summed E-state index contributed by atoms with van der Waals surface area (Å²) in [7, 11) is 1.67. The number of benzene rings is 1. The fraction of sp³-hybridized carbons (Fsp3) is 0.500. The van der Waals surface area contributed by atoms with Crippen LogP contribution in [0.25, 0.3) is 0 Å². The van der Waals surface area contributed by atoms with E-state index in [0.29, 0.717) is 18.4 Å². The maximum atomic E-state index is 5.46. The number of nitrogens with zero attached hydrogens (tertiary/aromatic N) is 2. The smallest absolute Gasteiger partial charge is 0.229 e. The van der Waals surface area contributed by atoms with Crippen LogP contribution < -0.4 is 10.1 Å². The Balaban J connectivity index is 1.66. The predicted molar refractivity (Wildman–Crippen MR) is 79.5 cm³/mol. The molecule has 2 unspecified atom stereocenters. The van der Waals surface area contributed by atoms with Gasteiger partial charge in [-0.1, -0.05) is 17.3 Å². The lowest BCUT2D eigenvalue weighted by molar-refractivity contribution is 0.294. The Bertz CT molecular complexity index is 579. The van der Waals surface area contributed by atoms with Gasteiger partial charge < -0.3 is 14.6 Å². The summed E-state index contributed by atoms with van der Waals surface area (Å²) in [4.78, 5) is 4.57. The van der Waals surface area contributed by atoms with Gasteiger partial charge in [-0.05, 0) is 44.0 Å². The van der Waals surface area contributed by atoms with Gasteiger partial charge in [0.05, 0.1) is 7.11 Å². The summed E-state index contributed by atoms with van der Waals surface area (Å²) in [6, 6.07) is 8.47. The molecule has 1 aromatic carbocycles. The van der Waals surface area contributed by atoms with E-state index in [4.69, 9.17) is 9.26 Å². The Morgan fingerprint density at radius 2 is 2.14 bits per heavy atom. The average molecular weight is 287 g/mol.